The van der Waals surface area contributed by atoms with Crippen molar-refractivity contribution in [3.8, 4) is 0 Å². The van der Waals surface area contributed by atoms with Crippen molar-refractivity contribution in [2.24, 2.45) is 4.99 Å². The van der Waals surface area contributed by atoms with Gasteiger partial charge in [-0.05, 0) is 30.5 Å². The number of rotatable bonds is 6. The fourth-order valence-corrected chi connectivity index (χ4v) is 4.61. The first-order valence-corrected chi connectivity index (χ1v) is 10.9. The molecule has 156 valence electrons. The fourth-order valence-electron chi connectivity index (χ4n) is 3.45. The predicted octanol–water partition coefficient (Wildman–Crippen LogP) is 5.29. The molecular formula is C25H23N3O2S. The normalized spacial score (nSPS) is 17.3. The monoisotopic (exact) mass is 429 g/mol. The minimum absolute atomic E-state index is 0.0829. The topological polar surface area (TPSA) is 61.8 Å². The number of aliphatic imine (C=N–C) groups is 1. The lowest BCUT2D eigenvalue weighted by Gasteiger charge is -2.14. The number of fused-ring (bicyclic) bond motifs is 1. The number of nitrogens with zero attached hydrogens (tertiary/aromatic N) is 2. The van der Waals surface area contributed by atoms with Gasteiger partial charge in [-0.3, -0.25) is 14.5 Å². The second-order valence-electron chi connectivity index (χ2n) is 7.35. The zero-order valence-electron chi connectivity index (χ0n) is 17.2. The first-order valence-electron chi connectivity index (χ1n) is 10.1. The smallest absolute Gasteiger partial charge is 0.242 e. The number of benzene rings is 3. The third kappa shape index (κ3) is 4.70. The van der Waals surface area contributed by atoms with Crippen LogP contribution in [0.4, 0.5) is 11.4 Å². The minimum atomic E-state index is -0.515. The third-order valence-corrected chi connectivity index (χ3v) is 6.20. The molecule has 31 heavy (non-hydrogen) atoms. The number of amides is 2. The Hall–Kier alpha value is -3.38. The van der Waals surface area contributed by atoms with Crippen molar-refractivity contribution in [2.45, 2.75) is 18.6 Å². The Morgan fingerprint density at radius 1 is 1.13 bits per heavy atom. The molecule has 1 saturated heterocycles. The van der Waals surface area contributed by atoms with Crippen LogP contribution in [-0.2, 0) is 9.59 Å². The van der Waals surface area contributed by atoms with Crippen molar-refractivity contribution in [2.75, 3.05) is 11.9 Å². The zero-order chi connectivity index (χ0) is 21.8. The maximum absolute atomic E-state index is 13.0. The van der Waals surface area contributed by atoms with E-state index in [1.165, 1.54) is 11.8 Å². The molecule has 0 aromatic heterocycles. The van der Waals surface area contributed by atoms with E-state index in [2.05, 4.69) is 11.9 Å². The summed E-state index contributed by atoms with van der Waals surface area (Å²) in [4.78, 5) is 31.9. The maximum atomic E-state index is 13.0. The Bertz CT molecular complexity index is 1170. The van der Waals surface area contributed by atoms with E-state index in [4.69, 9.17) is 4.99 Å². The molecule has 4 rings (SSSR count). The number of carbonyl (C=O) groups is 2. The summed E-state index contributed by atoms with van der Waals surface area (Å²) in [5, 5.41) is 5.05. The average molecular weight is 430 g/mol. The number of hydrogen-bond acceptors (Lipinski definition) is 4. The second kappa shape index (κ2) is 9.18. The van der Waals surface area contributed by atoms with Crippen molar-refractivity contribution in [3.63, 3.8) is 0 Å². The number of amidine groups is 1. The van der Waals surface area contributed by atoms with E-state index < -0.39 is 5.25 Å². The predicted molar refractivity (Wildman–Crippen MR) is 129 cm³/mol. The lowest BCUT2D eigenvalue weighted by Crippen LogP contribution is -2.33. The van der Waals surface area contributed by atoms with E-state index >= 15 is 0 Å². The van der Waals surface area contributed by atoms with Crippen molar-refractivity contribution in [3.05, 3.63) is 84.9 Å². The number of aryl methyl sites for hydroxylation is 1. The highest BCUT2D eigenvalue weighted by molar-refractivity contribution is 8.15. The van der Waals surface area contributed by atoms with Crippen LogP contribution in [-0.4, -0.2) is 33.7 Å². The highest BCUT2D eigenvalue weighted by atomic mass is 32.2. The van der Waals surface area contributed by atoms with Gasteiger partial charge < -0.3 is 5.32 Å². The van der Waals surface area contributed by atoms with Crippen LogP contribution in [0.3, 0.4) is 0 Å². The van der Waals surface area contributed by atoms with Gasteiger partial charge in [-0.2, -0.15) is 0 Å². The Morgan fingerprint density at radius 2 is 1.87 bits per heavy atom. The quantitative estimate of drug-likeness (QED) is 0.541. The summed E-state index contributed by atoms with van der Waals surface area (Å²) in [5.74, 6) is -0.317. The summed E-state index contributed by atoms with van der Waals surface area (Å²) in [5.41, 5.74) is 2.64. The van der Waals surface area contributed by atoms with Crippen LogP contribution in [0.2, 0.25) is 0 Å². The van der Waals surface area contributed by atoms with Crippen LogP contribution >= 0.6 is 11.8 Å². The van der Waals surface area contributed by atoms with Crippen LogP contribution in [0.1, 0.15) is 12.0 Å². The molecule has 6 heteroatoms. The third-order valence-electron chi connectivity index (χ3n) is 5.02. The van der Waals surface area contributed by atoms with Crippen molar-refractivity contribution in [1.82, 2.24) is 4.90 Å². The first-order chi connectivity index (χ1) is 15.0. The summed E-state index contributed by atoms with van der Waals surface area (Å²) in [6, 6.07) is 21.5. The van der Waals surface area contributed by atoms with E-state index in [1.807, 2.05) is 73.7 Å². The lowest BCUT2D eigenvalue weighted by atomic mass is 10.1. The highest BCUT2D eigenvalue weighted by Gasteiger charge is 2.38. The first kappa shape index (κ1) is 20.9. The zero-order valence-corrected chi connectivity index (χ0v) is 18.1. The van der Waals surface area contributed by atoms with E-state index in [-0.39, 0.29) is 18.2 Å². The molecule has 5 nitrogen and oxygen atoms in total. The van der Waals surface area contributed by atoms with Gasteiger partial charge in [0.25, 0.3) is 0 Å². The van der Waals surface area contributed by atoms with Crippen molar-refractivity contribution < 1.29 is 9.59 Å². The van der Waals surface area contributed by atoms with Gasteiger partial charge in [0.2, 0.25) is 11.8 Å². The molecule has 1 heterocycles. The number of anilines is 1. The van der Waals surface area contributed by atoms with Gasteiger partial charge in [0.05, 0.1) is 5.69 Å². The van der Waals surface area contributed by atoms with Crippen LogP contribution in [0.25, 0.3) is 10.8 Å². The van der Waals surface area contributed by atoms with Gasteiger partial charge in [0.15, 0.2) is 5.17 Å². The summed E-state index contributed by atoms with van der Waals surface area (Å²) in [6.07, 6.45) is 1.76. The van der Waals surface area contributed by atoms with Crippen LogP contribution < -0.4 is 5.32 Å². The fraction of sp³-hybridized carbons (Fsp3) is 0.160. The molecule has 0 aliphatic carbocycles. The molecule has 3 aromatic carbocycles. The van der Waals surface area contributed by atoms with Crippen LogP contribution in [0.15, 0.2) is 84.4 Å². The molecule has 0 bridgehead atoms. The molecule has 1 unspecified atom stereocenters. The number of nitrogens with one attached hydrogen (secondary N) is 1. The molecule has 0 spiro atoms. The molecule has 1 N–H and O–H groups in total. The molecule has 1 aliphatic rings. The largest absolute Gasteiger partial charge is 0.326 e. The van der Waals surface area contributed by atoms with Gasteiger partial charge in [-0.25, -0.2) is 4.99 Å². The number of carbonyl (C=O) groups excluding carboxylic acids is 2. The molecule has 1 atom stereocenters. The molecular weight excluding hydrogens is 406 g/mol. The summed E-state index contributed by atoms with van der Waals surface area (Å²) in [7, 11) is 0. The summed E-state index contributed by atoms with van der Waals surface area (Å²) < 4.78 is 0. The Kier molecular flexibility index (Phi) is 6.18. The number of hydrogen-bond donors (Lipinski definition) is 1. The lowest BCUT2D eigenvalue weighted by molar-refractivity contribution is -0.127. The second-order valence-corrected chi connectivity index (χ2v) is 8.52. The Morgan fingerprint density at radius 3 is 2.65 bits per heavy atom. The standard InChI is InChI=1S/C25H23N3O2S/c1-3-15-28-24(30)22(16-23(29)26-19-13-11-17(2)12-14-19)31-25(28)27-21-10-6-8-18-7-4-5-9-20(18)21/h3-14,22H,1,15-16H2,2H3,(H,26,29). The number of thioether (sulfide) groups is 1. The van der Waals surface area contributed by atoms with Crippen LogP contribution in [0, 0.1) is 6.92 Å². The van der Waals surface area contributed by atoms with Gasteiger partial charge >= 0.3 is 0 Å². The van der Waals surface area contributed by atoms with E-state index in [0.29, 0.717) is 11.7 Å². The van der Waals surface area contributed by atoms with Gasteiger partial charge in [-0.15, -0.1) is 6.58 Å². The molecule has 2 amide bonds. The molecule has 1 fully saturated rings. The average Bonchev–Trinajstić information content (AvgIpc) is 3.05. The molecule has 3 aromatic rings. The van der Waals surface area contributed by atoms with Gasteiger partial charge in [-0.1, -0.05) is 71.9 Å². The maximum Gasteiger partial charge on any atom is 0.242 e. The Labute approximate surface area is 185 Å². The molecule has 0 saturated carbocycles. The summed E-state index contributed by atoms with van der Waals surface area (Å²) in [6.45, 7) is 6.10. The van der Waals surface area contributed by atoms with Crippen molar-refractivity contribution in [1.29, 1.82) is 0 Å². The molecule has 0 radical (unpaired) electrons. The Balaban J connectivity index is 1.55. The van der Waals surface area contributed by atoms with Gasteiger partial charge in [0, 0.05) is 24.0 Å². The van der Waals surface area contributed by atoms with E-state index in [9.17, 15) is 9.59 Å². The molecule has 1 aliphatic heterocycles. The highest BCUT2D eigenvalue weighted by Crippen LogP contribution is 2.34. The van der Waals surface area contributed by atoms with Crippen molar-refractivity contribution >= 4 is 50.9 Å². The van der Waals surface area contributed by atoms with Crippen LogP contribution in [0.5, 0.6) is 0 Å². The van der Waals surface area contributed by atoms with E-state index in [1.54, 1.807) is 11.0 Å². The van der Waals surface area contributed by atoms with E-state index in [0.717, 1.165) is 27.7 Å². The minimum Gasteiger partial charge on any atom is -0.326 e. The summed E-state index contributed by atoms with van der Waals surface area (Å²) >= 11 is 1.33. The van der Waals surface area contributed by atoms with Gasteiger partial charge in [0.1, 0.15) is 5.25 Å². The SMILES string of the molecule is C=CCN1C(=O)C(CC(=O)Nc2ccc(C)cc2)SC1=Nc1cccc2ccccc12.